The third-order valence-corrected chi connectivity index (χ3v) is 3.74. The minimum absolute atomic E-state index is 0.123. The van der Waals surface area contributed by atoms with Gasteiger partial charge in [0.2, 0.25) is 0 Å². The number of nitrogens with two attached hydrogens (primary N) is 1. The minimum Gasteiger partial charge on any atom is -0.505 e. The van der Waals surface area contributed by atoms with Gasteiger partial charge in [-0.05, 0) is 30.5 Å². The van der Waals surface area contributed by atoms with Crippen molar-refractivity contribution in [3.63, 3.8) is 0 Å². The number of carbonyl (C=O) groups is 1. The number of phenols is 1. The Kier molecular flexibility index (Phi) is 4.24. The highest BCUT2D eigenvalue weighted by atomic mass is 16.5. The number of nitrogens with one attached hydrogen (secondary N) is 1. The molecule has 4 N–H and O–H groups in total. The van der Waals surface area contributed by atoms with E-state index in [1.807, 2.05) is 31.2 Å². The molecule has 0 aliphatic rings. The summed E-state index contributed by atoms with van der Waals surface area (Å²) in [5.74, 6) is -0.0983. The Morgan fingerprint density at radius 2 is 1.88 bits per heavy atom. The Morgan fingerprint density at radius 1 is 1.17 bits per heavy atom. The standard InChI is InChI=1S/C19H18N2O3/c1-2-24-16-10-6-5-9-15(16)21-19(23)14-11-12-7-3-4-8-13(12)17(20)18(14)22/h3-11,22H,2,20H2,1H3,(H,21,23). The lowest BCUT2D eigenvalue weighted by Crippen LogP contribution is -2.14. The lowest BCUT2D eigenvalue weighted by Gasteiger charge is -2.13. The summed E-state index contributed by atoms with van der Waals surface area (Å²) >= 11 is 0. The predicted octanol–water partition coefficient (Wildman–Crippen LogP) is 3.78. The van der Waals surface area contributed by atoms with Crippen molar-refractivity contribution < 1.29 is 14.6 Å². The van der Waals surface area contributed by atoms with Crippen LogP contribution in [0, 0.1) is 0 Å². The Bertz CT molecular complexity index is 906. The number of para-hydroxylation sites is 2. The normalized spacial score (nSPS) is 10.5. The SMILES string of the molecule is CCOc1ccccc1NC(=O)c1cc2ccccc2c(N)c1O. The van der Waals surface area contributed by atoms with Crippen LogP contribution >= 0.6 is 0 Å². The van der Waals surface area contributed by atoms with Gasteiger partial charge in [-0.25, -0.2) is 0 Å². The van der Waals surface area contributed by atoms with E-state index in [2.05, 4.69) is 5.32 Å². The van der Waals surface area contributed by atoms with Crippen molar-refractivity contribution in [3.05, 3.63) is 60.2 Å². The summed E-state index contributed by atoms with van der Waals surface area (Å²) in [6, 6.07) is 16.1. The second-order valence-electron chi connectivity index (χ2n) is 5.29. The van der Waals surface area contributed by atoms with Crippen LogP contribution in [0.25, 0.3) is 10.8 Å². The number of phenolic OH excluding ortho intramolecular Hbond substituents is 1. The average Bonchev–Trinajstić information content (AvgIpc) is 2.60. The topological polar surface area (TPSA) is 84.6 Å². The summed E-state index contributed by atoms with van der Waals surface area (Å²) in [6.07, 6.45) is 0. The molecule has 0 saturated carbocycles. The first-order chi connectivity index (χ1) is 11.6. The highest BCUT2D eigenvalue weighted by molar-refractivity contribution is 6.12. The van der Waals surface area contributed by atoms with Crippen LogP contribution in [0.1, 0.15) is 17.3 Å². The fraction of sp³-hybridized carbons (Fsp3) is 0.105. The number of nitrogen functional groups attached to an aromatic ring is 1. The molecule has 0 bridgehead atoms. The molecule has 0 fully saturated rings. The summed E-state index contributed by atoms with van der Waals surface area (Å²) in [5, 5.41) is 14.6. The van der Waals surface area contributed by atoms with E-state index >= 15 is 0 Å². The molecular weight excluding hydrogens is 304 g/mol. The number of carbonyl (C=O) groups excluding carboxylic acids is 1. The maximum absolute atomic E-state index is 12.6. The molecule has 0 unspecified atom stereocenters. The zero-order valence-corrected chi connectivity index (χ0v) is 13.2. The van der Waals surface area contributed by atoms with E-state index in [9.17, 15) is 9.90 Å². The van der Waals surface area contributed by atoms with E-state index in [-0.39, 0.29) is 17.0 Å². The summed E-state index contributed by atoms with van der Waals surface area (Å²) in [4.78, 5) is 12.6. The van der Waals surface area contributed by atoms with E-state index in [4.69, 9.17) is 10.5 Å². The Labute approximate surface area is 139 Å². The third kappa shape index (κ3) is 2.84. The Morgan fingerprint density at radius 3 is 2.67 bits per heavy atom. The second kappa shape index (κ2) is 6.50. The highest BCUT2D eigenvalue weighted by Gasteiger charge is 2.17. The highest BCUT2D eigenvalue weighted by Crippen LogP contribution is 2.34. The summed E-state index contributed by atoms with van der Waals surface area (Å²) < 4.78 is 5.50. The van der Waals surface area contributed by atoms with Crippen LogP contribution in [-0.4, -0.2) is 17.6 Å². The molecule has 0 aliphatic heterocycles. The van der Waals surface area contributed by atoms with Gasteiger partial charge in [0, 0.05) is 5.39 Å². The molecule has 0 heterocycles. The quantitative estimate of drug-likeness (QED) is 0.504. The maximum atomic E-state index is 12.6. The average molecular weight is 322 g/mol. The van der Waals surface area contributed by atoms with Gasteiger partial charge in [-0.15, -0.1) is 0 Å². The smallest absolute Gasteiger partial charge is 0.259 e. The van der Waals surface area contributed by atoms with Crippen molar-refractivity contribution in [2.75, 3.05) is 17.7 Å². The molecule has 0 aromatic heterocycles. The van der Waals surface area contributed by atoms with Crippen molar-refractivity contribution in [3.8, 4) is 11.5 Å². The number of anilines is 2. The molecule has 0 atom stereocenters. The number of aromatic hydroxyl groups is 1. The fourth-order valence-electron chi connectivity index (χ4n) is 2.58. The fourth-order valence-corrected chi connectivity index (χ4v) is 2.58. The molecule has 3 aromatic carbocycles. The van der Waals surface area contributed by atoms with E-state index < -0.39 is 5.91 Å². The van der Waals surface area contributed by atoms with Crippen LogP contribution in [0.4, 0.5) is 11.4 Å². The first kappa shape index (κ1) is 15.7. The molecule has 5 heteroatoms. The van der Waals surface area contributed by atoms with Crippen molar-refractivity contribution >= 4 is 28.1 Å². The van der Waals surface area contributed by atoms with Crippen molar-refractivity contribution in [2.24, 2.45) is 0 Å². The number of hydrogen-bond acceptors (Lipinski definition) is 4. The molecular formula is C19H18N2O3. The third-order valence-electron chi connectivity index (χ3n) is 3.74. The molecule has 5 nitrogen and oxygen atoms in total. The van der Waals surface area contributed by atoms with Gasteiger partial charge >= 0.3 is 0 Å². The van der Waals surface area contributed by atoms with Crippen LogP contribution in [-0.2, 0) is 0 Å². The van der Waals surface area contributed by atoms with Crippen LogP contribution in [0.5, 0.6) is 11.5 Å². The number of ether oxygens (including phenoxy) is 1. The largest absolute Gasteiger partial charge is 0.505 e. The molecule has 0 aliphatic carbocycles. The zero-order valence-electron chi connectivity index (χ0n) is 13.2. The number of hydrogen-bond donors (Lipinski definition) is 3. The second-order valence-corrected chi connectivity index (χ2v) is 5.29. The van der Waals surface area contributed by atoms with Crippen LogP contribution in [0.15, 0.2) is 54.6 Å². The molecule has 3 rings (SSSR count). The molecule has 24 heavy (non-hydrogen) atoms. The van der Waals surface area contributed by atoms with E-state index in [0.717, 1.165) is 5.39 Å². The Balaban J connectivity index is 1.99. The molecule has 3 aromatic rings. The monoisotopic (exact) mass is 322 g/mol. The molecule has 0 spiro atoms. The summed E-state index contributed by atoms with van der Waals surface area (Å²) in [5.41, 5.74) is 6.82. The lowest BCUT2D eigenvalue weighted by atomic mass is 10.0. The molecule has 122 valence electrons. The van der Waals surface area contributed by atoms with Crippen molar-refractivity contribution in [1.82, 2.24) is 0 Å². The maximum Gasteiger partial charge on any atom is 0.259 e. The number of amides is 1. The van der Waals surface area contributed by atoms with Gasteiger partial charge in [0.25, 0.3) is 5.91 Å². The predicted molar refractivity (Wildman–Crippen MR) is 95.6 cm³/mol. The van der Waals surface area contributed by atoms with Crippen molar-refractivity contribution in [2.45, 2.75) is 6.92 Å². The van der Waals surface area contributed by atoms with Crippen LogP contribution < -0.4 is 15.8 Å². The summed E-state index contributed by atoms with van der Waals surface area (Å²) in [7, 11) is 0. The van der Waals surface area contributed by atoms with Gasteiger partial charge in [-0.1, -0.05) is 36.4 Å². The molecule has 1 amide bonds. The van der Waals surface area contributed by atoms with Gasteiger partial charge in [-0.3, -0.25) is 4.79 Å². The number of rotatable bonds is 4. The van der Waals surface area contributed by atoms with Gasteiger partial charge < -0.3 is 20.9 Å². The van der Waals surface area contributed by atoms with Crippen LogP contribution in [0.2, 0.25) is 0 Å². The van der Waals surface area contributed by atoms with Gasteiger partial charge in [-0.2, -0.15) is 0 Å². The zero-order chi connectivity index (χ0) is 17.1. The summed E-state index contributed by atoms with van der Waals surface area (Å²) in [6.45, 7) is 2.36. The van der Waals surface area contributed by atoms with Crippen molar-refractivity contribution in [1.29, 1.82) is 0 Å². The minimum atomic E-state index is -0.447. The molecule has 0 saturated heterocycles. The van der Waals surface area contributed by atoms with Gasteiger partial charge in [0.15, 0.2) is 5.75 Å². The van der Waals surface area contributed by atoms with Gasteiger partial charge in [0.1, 0.15) is 5.75 Å². The lowest BCUT2D eigenvalue weighted by molar-refractivity contribution is 0.102. The van der Waals surface area contributed by atoms with E-state index in [1.54, 1.807) is 30.3 Å². The first-order valence-electron chi connectivity index (χ1n) is 7.65. The number of fused-ring (bicyclic) bond motifs is 1. The van der Waals surface area contributed by atoms with E-state index in [1.165, 1.54) is 0 Å². The van der Waals surface area contributed by atoms with Crippen LogP contribution in [0.3, 0.4) is 0 Å². The number of benzene rings is 3. The Hall–Kier alpha value is -3.21. The van der Waals surface area contributed by atoms with E-state index in [0.29, 0.717) is 23.4 Å². The van der Waals surface area contributed by atoms with Gasteiger partial charge in [0.05, 0.1) is 23.5 Å². The molecule has 0 radical (unpaired) electrons. The first-order valence-corrected chi connectivity index (χ1v) is 7.65.